The summed E-state index contributed by atoms with van der Waals surface area (Å²) in [5.74, 6) is 2.98. The third kappa shape index (κ3) is 4.60. The smallest absolute Gasteiger partial charge is 0.193 e. The van der Waals surface area contributed by atoms with Crippen LogP contribution in [-0.2, 0) is 6.42 Å². The first-order chi connectivity index (χ1) is 9.08. The van der Waals surface area contributed by atoms with Gasteiger partial charge in [0.05, 0.1) is 0 Å². The van der Waals surface area contributed by atoms with Gasteiger partial charge in [0.1, 0.15) is 0 Å². The van der Waals surface area contributed by atoms with Crippen LogP contribution in [0, 0.1) is 18.3 Å². The fourth-order valence-electron chi connectivity index (χ4n) is 1.89. The largest absolute Gasteiger partial charge is 0.289 e. The Labute approximate surface area is 116 Å². The van der Waals surface area contributed by atoms with Gasteiger partial charge in [-0.1, -0.05) is 56.2 Å². The van der Waals surface area contributed by atoms with Crippen molar-refractivity contribution in [2.45, 2.75) is 27.2 Å². The standard InChI is InChI=1S/C18H20O/c1-5-7-16(8-6-2)18(19)17-11-9-15(10-12-17)13-14(3)4/h1,6-12,14H,13H2,2-4H3/b8-6-,16-7+. The number of allylic oxidation sites excluding steroid dienone is 4. The Morgan fingerprint density at radius 1 is 1.32 bits per heavy atom. The van der Waals surface area contributed by atoms with Crippen LogP contribution in [0.3, 0.4) is 0 Å². The average Bonchev–Trinajstić information content (AvgIpc) is 2.38. The minimum atomic E-state index is -0.0350. The maximum Gasteiger partial charge on any atom is 0.193 e. The third-order valence-corrected chi connectivity index (χ3v) is 2.71. The molecule has 0 saturated heterocycles. The Bertz CT molecular complexity index is 522. The molecule has 1 aromatic carbocycles. The molecule has 1 rings (SSSR count). The highest BCUT2D eigenvalue weighted by Gasteiger charge is 2.09. The summed E-state index contributed by atoms with van der Waals surface area (Å²) >= 11 is 0. The van der Waals surface area contributed by atoms with Gasteiger partial charge in [-0.15, -0.1) is 6.42 Å². The van der Waals surface area contributed by atoms with Crippen molar-refractivity contribution in [3.63, 3.8) is 0 Å². The molecule has 0 aliphatic carbocycles. The van der Waals surface area contributed by atoms with Crippen molar-refractivity contribution in [3.8, 4) is 12.3 Å². The Kier molecular flexibility index (Phi) is 5.82. The van der Waals surface area contributed by atoms with E-state index >= 15 is 0 Å². The van der Waals surface area contributed by atoms with Gasteiger partial charge in [-0.2, -0.15) is 0 Å². The van der Waals surface area contributed by atoms with E-state index in [-0.39, 0.29) is 5.78 Å². The SMILES string of the molecule is C#C/C=C(\C=C/C)C(=O)c1ccc(CC(C)C)cc1. The second-order valence-corrected chi connectivity index (χ2v) is 4.89. The van der Waals surface area contributed by atoms with Gasteiger partial charge in [-0.3, -0.25) is 4.79 Å². The molecule has 0 aliphatic heterocycles. The molecule has 0 heterocycles. The molecule has 19 heavy (non-hydrogen) atoms. The Balaban J connectivity index is 2.94. The average molecular weight is 252 g/mol. The molecule has 1 nitrogen and oxygen atoms in total. The molecule has 0 saturated carbocycles. The Morgan fingerprint density at radius 2 is 1.95 bits per heavy atom. The Morgan fingerprint density at radius 3 is 2.42 bits per heavy atom. The summed E-state index contributed by atoms with van der Waals surface area (Å²) in [7, 11) is 0. The fourth-order valence-corrected chi connectivity index (χ4v) is 1.89. The van der Waals surface area contributed by atoms with E-state index in [1.54, 1.807) is 6.08 Å². The molecule has 1 heteroatoms. The summed E-state index contributed by atoms with van der Waals surface area (Å²) in [5.41, 5.74) is 2.47. The number of rotatable bonds is 5. The Hall–Kier alpha value is -2.07. The molecule has 1 aromatic rings. The van der Waals surface area contributed by atoms with Gasteiger partial charge in [0.25, 0.3) is 0 Å². The number of benzene rings is 1. The topological polar surface area (TPSA) is 17.1 Å². The summed E-state index contributed by atoms with van der Waals surface area (Å²) < 4.78 is 0. The molecule has 0 bridgehead atoms. The summed E-state index contributed by atoms with van der Waals surface area (Å²) in [4.78, 5) is 12.2. The molecule has 0 radical (unpaired) electrons. The third-order valence-electron chi connectivity index (χ3n) is 2.71. The normalized spacial score (nSPS) is 11.8. The lowest BCUT2D eigenvalue weighted by Crippen LogP contribution is -2.02. The highest BCUT2D eigenvalue weighted by molar-refractivity contribution is 6.10. The number of carbonyl (C=O) groups is 1. The van der Waals surface area contributed by atoms with Crippen molar-refractivity contribution in [3.05, 3.63) is 59.2 Å². The van der Waals surface area contributed by atoms with Crippen LogP contribution in [0.1, 0.15) is 36.7 Å². The second-order valence-electron chi connectivity index (χ2n) is 4.89. The summed E-state index contributed by atoms with van der Waals surface area (Å²) in [5, 5.41) is 0. The zero-order valence-electron chi connectivity index (χ0n) is 11.8. The molecule has 0 aromatic heterocycles. The lowest BCUT2D eigenvalue weighted by molar-refractivity contribution is 0.103. The van der Waals surface area contributed by atoms with E-state index in [9.17, 15) is 4.79 Å². The van der Waals surface area contributed by atoms with Crippen LogP contribution >= 0.6 is 0 Å². The van der Waals surface area contributed by atoms with E-state index in [2.05, 4.69) is 19.8 Å². The van der Waals surface area contributed by atoms with Crippen LogP contribution in [0.2, 0.25) is 0 Å². The van der Waals surface area contributed by atoms with Gasteiger partial charge in [-0.05, 0) is 30.9 Å². The van der Waals surface area contributed by atoms with Crippen LogP contribution in [0.4, 0.5) is 0 Å². The predicted molar refractivity (Wildman–Crippen MR) is 81.0 cm³/mol. The predicted octanol–water partition coefficient (Wildman–Crippen LogP) is 4.20. The molecule has 0 atom stereocenters. The van der Waals surface area contributed by atoms with E-state index in [0.29, 0.717) is 17.1 Å². The van der Waals surface area contributed by atoms with Gasteiger partial charge in [0.15, 0.2) is 5.78 Å². The van der Waals surface area contributed by atoms with E-state index in [0.717, 1.165) is 6.42 Å². The first-order valence-electron chi connectivity index (χ1n) is 6.51. The highest BCUT2D eigenvalue weighted by atomic mass is 16.1. The summed E-state index contributed by atoms with van der Waals surface area (Å²) in [6.07, 6.45) is 11.3. The number of hydrogen-bond donors (Lipinski definition) is 0. The van der Waals surface area contributed by atoms with Gasteiger partial charge in [-0.25, -0.2) is 0 Å². The van der Waals surface area contributed by atoms with Crippen molar-refractivity contribution < 1.29 is 4.79 Å². The van der Waals surface area contributed by atoms with Crippen LogP contribution in [0.25, 0.3) is 0 Å². The molecular weight excluding hydrogens is 232 g/mol. The summed E-state index contributed by atoms with van der Waals surface area (Å²) in [6, 6.07) is 7.76. The molecule has 0 amide bonds. The van der Waals surface area contributed by atoms with Crippen molar-refractivity contribution in [2.24, 2.45) is 5.92 Å². The van der Waals surface area contributed by atoms with Crippen molar-refractivity contribution in [2.75, 3.05) is 0 Å². The van der Waals surface area contributed by atoms with E-state index in [1.165, 1.54) is 11.6 Å². The number of Topliss-reactive ketones (excluding diaryl/α,β-unsaturated/α-hetero) is 1. The van der Waals surface area contributed by atoms with E-state index < -0.39 is 0 Å². The number of ketones is 1. The quantitative estimate of drug-likeness (QED) is 0.332. The van der Waals surface area contributed by atoms with Gasteiger partial charge in [0, 0.05) is 11.1 Å². The minimum absolute atomic E-state index is 0.0350. The molecule has 0 spiro atoms. The van der Waals surface area contributed by atoms with E-state index in [4.69, 9.17) is 6.42 Å². The first kappa shape index (κ1) is 15.0. The lowest BCUT2D eigenvalue weighted by atomic mass is 9.98. The van der Waals surface area contributed by atoms with Crippen LogP contribution in [0.5, 0.6) is 0 Å². The molecule has 0 unspecified atom stereocenters. The number of hydrogen-bond acceptors (Lipinski definition) is 1. The maximum absolute atomic E-state index is 12.2. The van der Waals surface area contributed by atoms with Gasteiger partial charge < -0.3 is 0 Å². The summed E-state index contributed by atoms with van der Waals surface area (Å²) in [6.45, 7) is 6.22. The van der Waals surface area contributed by atoms with Crippen molar-refractivity contribution in [1.82, 2.24) is 0 Å². The van der Waals surface area contributed by atoms with Crippen molar-refractivity contribution in [1.29, 1.82) is 0 Å². The molecular formula is C18H20O. The second kappa shape index (κ2) is 7.38. The van der Waals surface area contributed by atoms with Crippen molar-refractivity contribution >= 4 is 5.78 Å². The molecule has 0 aliphatic rings. The number of terminal acetylenes is 1. The molecule has 0 N–H and O–H groups in total. The van der Waals surface area contributed by atoms with E-state index in [1.807, 2.05) is 37.3 Å². The van der Waals surface area contributed by atoms with Crippen LogP contribution in [0.15, 0.2) is 48.1 Å². The zero-order chi connectivity index (χ0) is 14.3. The van der Waals surface area contributed by atoms with Crippen LogP contribution in [-0.4, -0.2) is 5.78 Å². The first-order valence-corrected chi connectivity index (χ1v) is 6.51. The highest BCUT2D eigenvalue weighted by Crippen LogP contribution is 2.13. The monoisotopic (exact) mass is 252 g/mol. The van der Waals surface area contributed by atoms with Gasteiger partial charge >= 0.3 is 0 Å². The maximum atomic E-state index is 12.2. The lowest BCUT2D eigenvalue weighted by Gasteiger charge is -2.06. The van der Waals surface area contributed by atoms with Crippen LogP contribution < -0.4 is 0 Å². The molecule has 0 fully saturated rings. The molecule has 98 valence electrons. The number of carbonyl (C=O) groups excluding carboxylic acids is 1. The van der Waals surface area contributed by atoms with Gasteiger partial charge in [0.2, 0.25) is 0 Å². The fraction of sp³-hybridized carbons (Fsp3) is 0.278. The minimum Gasteiger partial charge on any atom is -0.289 e. The zero-order valence-corrected chi connectivity index (χ0v) is 11.8.